The van der Waals surface area contributed by atoms with Crippen LogP contribution in [0.3, 0.4) is 0 Å². The van der Waals surface area contributed by atoms with Gasteiger partial charge in [0.05, 0.1) is 12.2 Å². The largest absolute Gasteiger partial charge is 0.494 e. The average Bonchev–Trinajstić information content (AvgIpc) is 2.10. The van der Waals surface area contributed by atoms with Crippen molar-refractivity contribution in [3.8, 4) is 11.8 Å². The van der Waals surface area contributed by atoms with Gasteiger partial charge in [0.2, 0.25) is 0 Å². The summed E-state index contributed by atoms with van der Waals surface area (Å²) in [6, 6.07) is 5.44. The molecule has 0 spiro atoms. The van der Waals surface area contributed by atoms with Gasteiger partial charge < -0.3 is 10.5 Å². The van der Waals surface area contributed by atoms with Crippen LogP contribution >= 0.6 is 0 Å². The minimum atomic E-state index is 0.467. The SMILES string of the molecule is CCOc1cc(C#N)c(N)cc1C. The predicted molar refractivity (Wildman–Crippen MR) is 51.5 cm³/mol. The number of hydrogen-bond donors (Lipinski definition) is 1. The van der Waals surface area contributed by atoms with Crippen LogP contribution in [0.1, 0.15) is 18.1 Å². The van der Waals surface area contributed by atoms with Gasteiger partial charge in [-0.25, -0.2) is 0 Å². The van der Waals surface area contributed by atoms with Crippen molar-refractivity contribution in [1.29, 1.82) is 5.26 Å². The number of benzene rings is 1. The maximum atomic E-state index is 8.72. The van der Waals surface area contributed by atoms with Crippen molar-refractivity contribution in [2.75, 3.05) is 12.3 Å². The molecule has 0 atom stereocenters. The molecule has 0 radical (unpaired) electrons. The van der Waals surface area contributed by atoms with Gasteiger partial charge in [-0.3, -0.25) is 0 Å². The summed E-state index contributed by atoms with van der Waals surface area (Å²) in [5, 5.41) is 8.72. The Morgan fingerprint density at radius 3 is 2.77 bits per heavy atom. The van der Waals surface area contributed by atoms with Gasteiger partial charge in [-0.05, 0) is 25.5 Å². The monoisotopic (exact) mass is 176 g/mol. The fraction of sp³-hybridized carbons (Fsp3) is 0.300. The van der Waals surface area contributed by atoms with Crippen LogP contribution in [0.4, 0.5) is 5.69 Å². The fourth-order valence-electron chi connectivity index (χ4n) is 1.12. The van der Waals surface area contributed by atoms with Gasteiger partial charge in [0.15, 0.2) is 0 Å². The van der Waals surface area contributed by atoms with Crippen molar-refractivity contribution in [3.63, 3.8) is 0 Å². The highest BCUT2D eigenvalue weighted by Crippen LogP contribution is 2.24. The number of nitrogen functional groups attached to an aromatic ring is 1. The number of nitriles is 1. The lowest BCUT2D eigenvalue weighted by atomic mass is 10.1. The Morgan fingerprint density at radius 1 is 1.54 bits per heavy atom. The van der Waals surface area contributed by atoms with Gasteiger partial charge in [-0.15, -0.1) is 0 Å². The topological polar surface area (TPSA) is 59.0 Å². The molecule has 0 saturated heterocycles. The van der Waals surface area contributed by atoms with E-state index in [0.717, 1.165) is 11.3 Å². The molecule has 0 aliphatic heterocycles. The summed E-state index contributed by atoms with van der Waals surface area (Å²) in [7, 11) is 0. The number of nitrogens with zero attached hydrogens (tertiary/aromatic N) is 1. The van der Waals surface area contributed by atoms with Crippen molar-refractivity contribution >= 4 is 5.69 Å². The molecule has 3 nitrogen and oxygen atoms in total. The van der Waals surface area contributed by atoms with Gasteiger partial charge in [0, 0.05) is 11.8 Å². The van der Waals surface area contributed by atoms with E-state index in [1.165, 1.54) is 0 Å². The molecule has 1 rings (SSSR count). The zero-order valence-corrected chi connectivity index (χ0v) is 7.79. The first-order valence-corrected chi connectivity index (χ1v) is 4.12. The van der Waals surface area contributed by atoms with Crippen molar-refractivity contribution < 1.29 is 4.74 Å². The first-order chi connectivity index (χ1) is 6.19. The summed E-state index contributed by atoms with van der Waals surface area (Å²) in [6.45, 7) is 4.40. The molecule has 68 valence electrons. The number of rotatable bonds is 2. The average molecular weight is 176 g/mol. The maximum Gasteiger partial charge on any atom is 0.123 e. The minimum absolute atomic E-state index is 0.467. The minimum Gasteiger partial charge on any atom is -0.494 e. The summed E-state index contributed by atoms with van der Waals surface area (Å²) < 4.78 is 5.33. The van der Waals surface area contributed by atoms with Crippen LogP contribution in [0.2, 0.25) is 0 Å². The zero-order valence-electron chi connectivity index (χ0n) is 7.79. The number of nitrogens with two attached hydrogens (primary N) is 1. The molecule has 3 heteroatoms. The van der Waals surface area contributed by atoms with Crippen molar-refractivity contribution in [1.82, 2.24) is 0 Å². The molecule has 1 aromatic carbocycles. The van der Waals surface area contributed by atoms with E-state index in [-0.39, 0.29) is 0 Å². The van der Waals surface area contributed by atoms with Gasteiger partial charge in [-0.2, -0.15) is 5.26 Å². The fourth-order valence-corrected chi connectivity index (χ4v) is 1.12. The molecule has 0 unspecified atom stereocenters. The molecule has 1 aromatic rings. The van der Waals surface area contributed by atoms with Gasteiger partial charge in [-0.1, -0.05) is 0 Å². The van der Waals surface area contributed by atoms with E-state index in [9.17, 15) is 0 Å². The molecular formula is C10H12N2O. The first kappa shape index (κ1) is 9.40. The van der Waals surface area contributed by atoms with Crippen molar-refractivity contribution in [2.45, 2.75) is 13.8 Å². The standard InChI is InChI=1S/C10H12N2O/c1-3-13-10-5-8(6-11)9(12)4-7(10)2/h4-5H,3,12H2,1-2H3. The van der Waals surface area contributed by atoms with Crippen LogP contribution in [0.15, 0.2) is 12.1 Å². The van der Waals surface area contributed by atoms with E-state index in [4.69, 9.17) is 15.7 Å². The molecule has 13 heavy (non-hydrogen) atoms. The van der Waals surface area contributed by atoms with Crippen LogP contribution in [0.25, 0.3) is 0 Å². The van der Waals surface area contributed by atoms with Crippen molar-refractivity contribution in [3.05, 3.63) is 23.3 Å². The normalized spacial score (nSPS) is 9.31. The van der Waals surface area contributed by atoms with E-state index in [0.29, 0.717) is 17.9 Å². The van der Waals surface area contributed by atoms with Crippen LogP contribution in [0.5, 0.6) is 5.75 Å². The second-order valence-electron chi connectivity index (χ2n) is 2.75. The van der Waals surface area contributed by atoms with E-state index in [2.05, 4.69) is 0 Å². The van der Waals surface area contributed by atoms with Crippen LogP contribution in [0, 0.1) is 18.3 Å². The Morgan fingerprint density at radius 2 is 2.23 bits per heavy atom. The van der Waals surface area contributed by atoms with Crippen molar-refractivity contribution in [2.24, 2.45) is 0 Å². The van der Waals surface area contributed by atoms with E-state index in [1.807, 2.05) is 19.9 Å². The summed E-state index contributed by atoms with van der Waals surface area (Å²) in [5.74, 6) is 0.730. The Bertz CT molecular complexity index is 353. The number of ether oxygens (including phenoxy) is 1. The highest BCUT2D eigenvalue weighted by Gasteiger charge is 2.04. The third-order valence-corrected chi connectivity index (χ3v) is 1.77. The third-order valence-electron chi connectivity index (χ3n) is 1.77. The summed E-state index contributed by atoms with van der Waals surface area (Å²) in [6.07, 6.45) is 0. The van der Waals surface area contributed by atoms with Gasteiger partial charge >= 0.3 is 0 Å². The number of hydrogen-bond acceptors (Lipinski definition) is 3. The summed E-state index contributed by atoms with van der Waals surface area (Å²) in [4.78, 5) is 0. The first-order valence-electron chi connectivity index (χ1n) is 4.12. The molecule has 0 heterocycles. The highest BCUT2D eigenvalue weighted by molar-refractivity contribution is 5.59. The quantitative estimate of drug-likeness (QED) is 0.699. The van der Waals surface area contributed by atoms with E-state index in [1.54, 1.807) is 12.1 Å². The Kier molecular flexibility index (Phi) is 2.76. The molecule has 0 bridgehead atoms. The van der Waals surface area contributed by atoms with Gasteiger partial charge in [0.1, 0.15) is 11.8 Å². The Labute approximate surface area is 77.7 Å². The Balaban J connectivity index is 3.16. The lowest BCUT2D eigenvalue weighted by Crippen LogP contribution is -1.97. The summed E-state index contributed by atoms with van der Waals surface area (Å²) >= 11 is 0. The number of anilines is 1. The van der Waals surface area contributed by atoms with Crippen LogP contribution in [-0.2, 0) is 0 Å². The maximum absolute atomic E-state index is 8.72. The van der Waals surface area contributed by atoms with Crippen LogP contribution < -0.4 is 10.5 Å². The molecular weight excluding hydrogens is 164 g/mol. The molecule has 2 N–H and O–H groups in total. The van der Waals surface area contributed by atoms with E-state index < -0.39 is 0 Å². The van der Waals surface area contributed by atoms with E-state index >= 15 is 0 Å². The lowest BCUT2D eigenvalue weighted by molar-refractivity contribution is 0.338. The smallest absolute Gasteiger partial charge is 0.123 e. The zero-order chi connectivity index (χ0) is 9.84. The Hall–Kier alpha value is -1.69. The highest BCUT2D eigenvalue weighted by atomic mass is 16.5. The predicted octanol–water partition coefficient (Wildman–Crippen LogP) is 1.85. The molecule has 0 saturated carbocycles. The second-order valence-corrected chi connectivity index (χ2v) is 2.75. The second kappa shape index (κ2) is 3.81. The van der Waals surface area contributed by atoms with Gasteiger partial charge in [0.25, 0.3) is 0 Å². The van der Waals surface area contributed by atoms with Crippen LogP contribution in [-0.4, -0.2) is 6.61 Å². The molecule has 0 amide bonds. The number of aryl methyl sites for hydroxylation is 1. The molecule has 0 aromatic heterocycles. The third kappa shape index (κ3) is 1.91. The molecule has 0 fully saturated rings. The summed E-state index contributed by atoms with van der Waals surface area (Å²) in [5.41, 5.74) is 7.55. The lowest BCUT2D eigenvalue weighted by Gasteiger charge is -2.08. The molecule has 0 aliphatic carbocycles. The molecule has 0 aliphatic rings.